The summed E-state index contributed by atoms with van der Waals surface area (Å²) in [7, 11) is 0. The lowest BCUT2D eigenvalue weighted by Crippen LogP contribution is -2.35. The fourth-order valence-electron chi connectivity index (χ4n) is 4.59. The topological polar surface area (TPSA) is 21.3 Å². The molecule has 1 aliphatic carbocycles. The van der Waals surface area contributed by atoms with Crippen LogP contribution < -0.4 is 5.32 Å². The summed E-state index contributed by atoms with van der Waals surface area (Å²) in [6, 6.07) is 0.616. The first-order valence-electron chi connectivity index (χ1n) is 9.36. The average Bonchev–Trinajstić information content (AvgIpc) is 2.78. The maximum atomic E-state index is 6.57. The number of hydrogen-bond donors (Lipinski definition) is 1. The first-order valence-corrected chi connectivity index (χ1v) is 9.36. The van der Waals surface area contributed by atoms with E-state index in [4.69, 9.17) is 4.74 Å². The van der Waals surface area contributed by atoms with E-state index >= 15 is 0 Å². The van der Waals surface area contributed by atoms with Crippen LogP contribution in [0.15, 0.2) is 0 Å². The van der Waals surface area contributed by atoms with Crippen molar-refractivity contribution in [2.75, 3.05) is 6.54 Å². The van der Waals surface area contributed by atoms with Gasteiger partial charge in [-0.2, -0.15) is 0 Å². The van der Waals surface area contributed by atoms with Crippen LogP contribution in [0.2, 0.25) is 0 Å². The normalized spacial score (nSPS) is 27.1. The molecule has 0 bridgehead atoms. The third kappa shape index (κ3) is 5.25. The Balaban J connectivity index is 1.78. The van der Waals surface area contributed by atoms with Crippen molar-refractivity contribution < 1.29 is 4.74 Å². The van der Waals surface area contributed by atoms with E-state index in [2.05, 4.69) is 33.0 Å². The smallest absolute Gasteiger partial charge is 0.0687 e. The Morgan fingerprint density at radius 2 is 1.90 bits per heavy atom. The van der Waals surface area contributed by atoms with Crippen molar-refractivity contribution in [3.63, 3.8) is 0 Å². The quantitative estimate of drug-likeness (QED) is 0.708. The molecular weight excluding hydrogens is 258 g/mol. The van der Waals surface area contributed by atoms with Crippen LogP contribution in [-0.4, -0.2) is 24.3 Å². The Morgan fingerprint density at radius 1 is 1.19 bits per heavy atom. The Kier molecular flexibility index (Phi) is 6.14. The van der Waals surface area contributed by atoms with Gasteiger partial charge in [0.2, 0.25) is 0 Å². The fourth-order valence-corrected chi connectivity index (χ4v) is 4.59. The molecule has 1 saturated carbocycles. The van der Waals surface area contributed by atoms with Crippen LogP contribution in [0.3, 0.4) is 0 Å². The number of nitrogens with one attached hydrogen (secondary N) is 1. The van der Waals surface area contributed by atoms with E-state index in [1.165, 1.54) is 64.2 Å². The van der Waals surface area contributed by atoms with E-state index in [0.29, 0.717) is 17.6 Å². The zero-order valence-electron chi connectivity index (χ0n) is 14.8. The van der Waals surface area contributed by atoms with Gasteiger partial charge in [0.25, 0.3) is 0 Å². The second-order valence-corrected chi connectivity index (χ2v) is 8.45. The monoisotopic (exact) mass is 295 g/mol. The molecule has 2 nitrogen and oxygen atoms in total. The van der Waals surface area contributed by atoms with Gasteiger partial charge in [0, 0.05) is 6.04 Å². The molecule has 1 N–H and O–H groups in total. The van der Waals surface area contributed by atoms with Gasteiger partial charge in [0.1, 0.15) is 0 Å². The highest BCUT2D eigenvalue weighted by Crippen LogP contribution is 2.45. The molecule has 21 heavy (non-hydrogen) atoms. The molecule has 2 heteroatoms. The zero-order chi connectivity index (χ0) is 15.3. The lowest BCUT2D eigenvalue weighted by atomic mass is 9.80. The molecule has 2 rings (SSSR count). The van der Waals surface area contributed by atoms with E-state index in [1.807, 2.05) is 0 Å². The highest BCUT2D eigenvalue weighted by molar-refractivity contribution is 4.93. The molecule has 1 aliphatic heterocycles. The van der Waals surface area contributed by atoms with Crippen LogP contribution in [-0.2, 0) is 4.74 Å². The van der Waals surface area contributed by atoms with Crippen LogP contribution in [0.25, 0.3) is 0 Å². The summed E-state index contributed by atoms with van der Waals surface area (Å²) in [5, 5.41) is 3.63. The van der Waals surface area contributed by atoms with Gasteiger partial charge in [-0.3, -0.25) is 0 Å². The molecule has 2 atom stereocenters. The minimum atomic E-state index is 0.283. The number of ether oxygens (including phenoxy) is 1. The fraction of sp³-hybridized carbons (Fsp3) is 1.00. The highest BCUT2D eigenvalue weighted by Gasteiger charge is 2.42. The summed E-state index contributed by atoms with van der Waals surface area (Å²) in [5.74, 6) is 0. The molecule has 2 aliphatic rings. The molecular formula is C19H37NO. The van der Waals surface area contributed by atoms with E-state index in [-0.39, 0.29) is 5.60 Å². The summed E-state index contributed by atoms with van der Waals surface area (Å²) >= 11 is 0. The molecule has 0 radical (unpaired) electrons. The van der Waals surface area contributed by atoms with Crippen molar-refractivity contribution in [1.29, 1.82) is 0 Å². The Hall–Kier alpha value is -0.0800. The predicted molar refractivity (Wildman–Crippen MR) is 90.7 cm³/mol. The number of hydrogen-bond acceptors (Lipinski definition) is 2. The van der Waals surface area contributed by atoms with Gasteiger partial charge in [-0.15, -0.1) is 0 Å². The second-order valence-electron chi connectivity index (χ2n) is 8.45. The van der Waals surface area contributed by atoms with E-state index in [0.717, 1.165) is 6.54 Å². The molecule has 124 valence electrons. The third-order valence-corrected chi connectivity index (χ3v) is 5.49. The van der Waals surface area contributed by atoms with E-state index in [9.17, 15) is 0 Å². The minimum absolute atomic E-state index is 0.283. The molecule has 0 aromatic heterocycles. The van der Waals surface area contributed by atoms with Gasteiger partial charge in [0.15, 0.2) is 0 Å². The maximum Gasteiger partial charge on any atom is 0.0687 e. The van der Waals surface area contributed by atoms with Crippen LogP contribution in [0.5, 0.6) is 0 Å². The van der Waals surface area contributed by atoms with Crippen LogP contribution in [0.1, 0.15) is 91.9 Å². The lowest BCUT2D eigenvalue weighted by molar-refractivity contribution is -0.0755. The Bertz CT molecular complexity index is 307. The van der Waals surface area contributed by atoms with E-state index < -0.39 is 0 Å². The molecule has 0 amide bonds. The Labute approximate surface area is 132 Å². The summed E-state index contributed by atoms with van der Waals surface area (Å²) in [6.07, 6.45) is 13.6. The van der Waals surface area contributed by atoms with E-state index in [1.54, 1.807) is 0 Å². The van der Waals surface area contributed by atoms with Gasteiger partial charge < -0.3 is 10.1 Å². The lowest BCUT2D eigenvalue weighted by Gasteiger charge is -2.35. The average molecular weight is 296 g/mol. The highest BCUT2D eigenvalue weighted by atomic mass is 16.5. The molecule has 1 spiro atoms. The van der Waals surface area contributed by atoms with Crippen molar-refractivity contribution in [1.82, 2.24) is 5.32 Å². The van der Waals surface area contributed by atoms with Gasteiger partial charge in [0.05, 0.1) is 11.7 Å². The molecule has 2 unspecified atom stereocenters. The molecule has 0 aromatic rings. The van der Waals surface area contributed by atoms with Gasteiger partial charge in [-0.25, -0.2) is 0 Å². The SMILES string of the molecule is CCCNC(C)CC(C)(C)CC1CCC2(CCCCC2)O1. The maximum absolute atomic E-state index is 6.57. The van der Waals surface area contributed by atoms with Gasteiger partial charge in [-0.05, 0) is 63.8 Å². The van der Waals surface area contributed by atoms with Crippen molar-refractivity contribution >= 4 is 0 Å². The van der Waals surface area contributed by atoms with Crippen LogP contribution >= 0.6 is 0 Å². The summed E-state index contributed by atoms with van der Waals surface area (Å²) < 4.78 is 6.57. The van der Waals surface area contributed by atoms with Crippen molar-refractivity contribution in [3.8, 4) is 0 Å². The molecule has 2 fully saturated rings. The summed E-state index contributed by atoms with van der Waals surface area (Å²) in [6.45, 7) is 10.6. The van der Waals surface area contributed by atoms with Crippen LogP contribution in [0, 0.1) is 5.41 Å². The van der Waals surface area contributed by atoms with Gasteiger partial charge >= 0.3 is 0 Å². The second kappa shape index (κ2) is 7.46. The number of rotatable bonds is 7. The molecule has 0 aromatic carbocycles. The Morgan fingerprint density at radius 3 is 2.57 bits per heavy atom. The zero-order valence-corrected chi connectivity index (χ0v) is 14.8. The first kappa shape index (κ1) is 17.3. The van der Waals surface area contributed by atoms with Crippen LogP contribution in [0.4, 0.5) is 0 Å². The van der Waals surface area contributed by atoms with Crippen molar-refractivity contribution in [2.24, 2.45) is 5.41 Å². The molecule has 1 saturated heterocycles. The first-order chi connectivity index (χ1) is 9.95. The van der Waals surface area contributed by atoms with Crippen molar-refractivity contribution in [3.05, 3.63) is 0 Å². The molecule has 1 heterocycles. The van der Waals surface area contributed by atoms with Crippen molar-refractivity contribution in [2.45, 2.75) is 110 Å². The largest absolute Gasteiger partial charge is 0.372 e. The third-order valence-electron chi connectivity index (χ3n) is 5.49. The standard InChI is InChI=1S/C19H37NO/c1-5-13-20-16(2)14-18(3,4)15-17-9-12-19(21-17)10-7-6-8-11-19/h16-17,20H,5-15H2,1-4H3. The summed E-state index contributed by atoms with van der Waals surface area (Å²) in [5.41, 5.74) is 0.663. The summed E-state index contributed by atoms with van der Waals surface area (Å²) in [4.78, 5) is 0. The predicted octanol–water partition coefficient (Wildman–Crippen LogP) is 5.06. The van der Waals surface area contributed by atoms with Gasteiger partial charge in [-0.1, -0.05) is 40.0 Å². The minimum Gasteiger partial charge on any atom is -0.372 e.